The number of hydrogen-bond acceptors (Lipinski definition) is 0. The second-order valence-corrected chi connectivity index (χ2v) is 7.45. The lowest BCUT2D eigenvalue weighted by Gasteiger charge is -2.08. The maximum Gasteiger partial charge on any atom is 0.0264 e. The van der Waals surface area contributed by atoms with Gasteiger partial charge in [-0.05, 0) is 80.6 Å². The second kappa shape index (κ2) is 5.67. The Bertz CT molecular complexity index is 489. The van der Waals surface area contributed by atoms with Gasteiger partial charge < -0.3 is 0 Å². The van der Waals surface area contributed by atoms with Crippen molar-refractivity contribution < 1.29 is 0 Å². The van der Waals surface area contributed by atoms with Crippen LogP contribution in [0.2, 0.25) is 0 Å². The van der Waals surface area contributed by atoms with E-state index < -0.39 is 0 Å². The van der Waals surface area contributed by atoms with Crippen LogP contribution >= 0.6 is 77.0 Å². The fourth-order valence-electron chi connectivity index (χ4n) is 1.42. The minimum Gasteiger partial charge on any atom is -0.0522 e. The summed E-state index contributed by atoms with van der Waals surface area (Å²) < 4.78 is 4.72. The summed E-state index contributed by atoms with van der Waals surface area (Å²) >= 11 is 11.8. The lowest BCUT2D eigenvalue weighted by atomic mass is 10.1. The molecular weight excluding hydrogens is 558 g/mol. The summed E-state index contributed by atoms with van der Waals surface area (Å²) in [5.74, 6) is 0. The highest BCUT2D eigenvalue weighted by Gasteiger charge is 2.07. The van der Waals surface area contributed by atoms with Crippen LogP contribution in [0.3, 0.4) is 0 Å². The molecule has 0 unspecified atom stereocenters. The van der Waals surface area contributed by atoms with Crippen molar-refractivity contribution in [2.24, 2.45) is 0 Å². The average molecular weight is 564 g/mol. The molecule has 0 radical (unpaired) electrons. The van der Waals surface area contributed by atoms with Crippen molar-refractivity contribution in [1.82, 2.24) is 0 Å². The third-order valence-corrected chi connectivity index (χ3v) is 4.81. The van der Waals surface area contributed by atoms with Gasteiger partial charge in [-0.25, -0.2) is 0 Å². The standard InChI is InChI=1S/C12H6Br2I2/c13-11-5-7(15)1-3-9(11)10-4-2-8(16)6-12(10)14/h1-6H. The highest BCUT2D eigenvalue weighted by molar-refractivity contribution is 14.1. The van der Waals surface area contributed by atoms with E-state index >= 15 is 0 Å². The molecule has 0 amide bonds. The zero-order chi connectivity index (χ0) is 11.7. The molecule has 82 valence electrons. The number of hydrogen-bond donors (Lipinski definition) is 0. The van der Waals surface area contributed by atoms with E-state index in [0.717, 1.165) is 8.95 Å². The van der Waals surface area contributed by atoms with E-state index in [1.165, 1.54) is 18.3 Å². The molecule has 0 aliphatic rings. The van der Waals surface area contributed by atoms with Crippen LogP contribution in [0.5, 0.6) is 0 Å². The van der Waals surface area contributed by atoms with Gasteiger partial charge in [-0.2, -0.15) is 0 Å². The minimum atomic E-state index is 1.13. The van der Waals surface area contributed by atoms with E-state index in [-0.39, 0.29) is 0 Å². The van der Waals surface area contributed by atoms with Crippen LogP contribution < -0.4 is 0 Å². The van der Waals surface area contributed by atoms with Gasteiger partial charge in [0.05, 0.1) is 0 Å². The van der Waals surface area contributed by atoms with Gasteiger partial charge in [0.1, 0.15) is 0 Å². The number of rotatable bonds is 1. The fraction of sp³-hybridized carbons (Fsp3) is 0. The summed E-state index contributed by atoms with van der Waals surface area (Å²) in [4.78, 5) is 0. The Labute approximate surface area is 139 Å². The quantitative estimate of drug-likeness (QED) is 0.369. The highest BCUT2D eigenvalue weighted by Crippen LogP contribution is 2.35. The van der Waals surface area contributed by atoms with Crippen LogP contribution in [0.15, 0.2) is 45.3 Å². The first-order valence-electron chi connectivity index (χ1n) is 4.48. The molecule has 0 fully saturated rings. The minimum absolute atomic E-state index is 1.13. The van der Waals surface area contributed by atoms with Crippen molar-refractivity contribution in [1.29, 1.82) is 0 Å². The zero-order valence-electron chi connectivity index (χ0n) is 7.98. The van der Waals surface area contributed by atoms with E-state index in [1.807, 2.05) is 0 Å². The first-order valence-corrected chi connectivity index (χ1v) is 8.23. The van der Waals surface area contributed by atoms with Gasteiger partial charge in [0.15, 0.2) is 0 Å². The molecule has 0 N–H and O–H groups in total. The molecule has 0 saturated carbocycles. The molecule has 2 aromatic rings. The maximum atomic E-state index is 3.61. The summed E-state index contributed by atoms with van der Waals surface area (Å²) in [6.07, 6.45) is 0. The molecule has 4 heteroatoms. The Balaban J connectivity index is 2.59. The summed E-state index contributed by atoms with van der Waals surface area (Å²) in [5.41, 5.74) is 2.42. The first-order chi connectivity index (χ1) is 7.58. The summed E-state index contributed by atoms with van der Waals surface area (Å²) in [6, 6.07) is 12.8. The van der Waals surface area contributed by atoms with Crippen LogP contribution in [-0.2, 0) is 0 Å². The lowest BCUT2D eigenvalue weighted by molar-refractivity contribution is 1.52. The third-order valence-electron chi connectivity index (χ3n) is 2.15. The molecule has 0 saturated heterocycles. The largest absolute Gasteiger partial charge is 0.0522 e. The zero-order valence-corrected chi connectivity index (χ0v) is 15.5. The molecule has 0 nitrogen and oxygen atoms in total. The SMILES string of the molecule is Brc1cc(I)ccc1-c1ccc(I)cc1Br. The van der Waals surface area contributed by atoms with Gasteiger partial charge >= 0.3 is 0 Å². The monoisotopic (exact) mass is 562 g/mol. The summed E-state index contributed by atoms with van der Waals surface area (Å²) in [7, 11) is 0. The highest BCUT2D eigenvalue weighted by atomic mass is 127. The van der Waals surface area contributed by atoms with Gasteiger partial charge in [0.2, 0.25) is 0 Å². The van der Waals surface area contributed by atoms with Gasteiger partial charge in [-0.3, -0.25) is 0 Å². The fourth-order valence-corrected chi connectivity index (χ4v) is 4.44. The molecule has 0 atom stereocenters. The number of benzene rings is 2. The van der Waals surface area contributed by atoms with E-state index in [2.05, 4.69) is 113 Å². The first kappa shape index (κ1) is 13.3. The van der Waals surface area contributed by atoms with Crippen LogP contribution in [0.4, 0.5) is 0 Å². The van der Waals surface area contributed by atoms with Crippen molar-refractivity contribution in [2.75, 3.05) is 0 Å². The smallest absolute Gasteiger partial charge is 0.0264 e. The predicted octanol–water partition coefficient (Wildman–Crippen LogP) is 6.09. The second-order valence-electron chi connectivity index (χ2n) is 3.25. The van der Waals surface area contributed by atoms with Crippen LogP contribution in [-0.4, -0.2) is 0 Å². The Morgan fingerprint density at radius 3 is 1.38 bits per heavy atom. The van der Waals surface area contributed by atoms with Crippen molar-refractivity contribution in [3.63, 3.8) is 0 Å². The van der Waals surface area contributed by atoms with Gasteiger partial charge in [0.25, 0.3) is 0 Å². The molecule has 16 heavy (non-hydrogen) atoms. The van der Waals surface area contributed by atoms with E-state index in [9.17, 15) is 0 Å². The molecule has 0 aliphatic carbocycles. The topological polar surface area (TPSA) is 0 Å². The lowest BCUT2D eigenvalue weighted by Crippen LogP contribution is -1.84. The van der Waals surface area contributed by atoms with Gasteiger partial charge in [-0.15, -0.1) is 0 Å². The van der Waals surface area contributed by atoms with E-state index in [0.29, 0.717) is 0 Å². The molecule has 0 spiro atoms. The van der Waals surface area contributed by atoms with Crippen molar-refractivity contribution in [3.05, 3.63) is 52.5 Å². The van der Waals surface area contributed by atoms with Crippen LogP contribution in [0, 0.1) is 7.14 Å². The molecule has 0 aromatic heterocycles. The van der Waals surface area contributed by atoms with E-state index in [4.69, 9.17) is 0 Å². The predicted molar refractivity (Wildman–Crippen MR) is 92.7 cm³/mol. The summed E-state index contributed by atoms with van der Waals surface area (Å²) in [6.45, 7) is 0. The Morgan fingerprint density at radius 2 is 1.06 bits per heavy atom. The van der Waals surface area contributed by atoms with E-state index in [1.54, 1.807) is 0 Å². The normalized spacial score (nSPS) is 10.5. The van der Waals surface area contributed by atoms with Crippen LogP contribution in [0.1, 0.15) is 0 Å². The van der Waals surface area contributed by atoms with Crippen molar-refractivity contribution in [2.45, 2.75) is 0 Å². The Morgan fingerprint density at radius 1 is 0.688 bits per heavy atom. The summed E-state index contributed by atoms with van der Waals surface area (Å²) in [5, 5.41) is 0. The van der Waals surface area contributed by atoms with Crippen molar-refractivity contribution >= 4 is 77.0 Å². The molecule has 0 aliphatic heterocycles. The average Bonchev–Trinajstić information content (AvgIpc) is 2.19. The molecule has 0 heterocycles. The molecular formula is C12H6Br2I2. The molecule has 2 rings (SSSR count). The Hall–Kier alpha value is 0.860. The molecule has 2 aromatic carbocycles. The molecule has 0 bridgehead atoms. The number of halogens is 4. The van der Waals surface area contributed by atoms with Crippen LogP contribution in [0.25, 0.3) is 11.1 Å². The third kappa shape index (κ3) is 3.00. The van der Waals surface area contributed by atoms with Crippen molar-refractivity contribution in [3.8, 4) is 11.1 Å². The maximum absolute atomic E-state index is 3.61. The van der Waals surface area contributed by atoms with Gasteiger partial charge in [0, 0.05) is 16.1 Å². The van der Waals surface area contributed by atoms with Gasteiger partial charge in [-0.1, -0.05) is 44.0 Å². The Kier molecular flexibility index (Phi) is 4.71.